The first-order chi connectivity index (χ1) is 20.6. The van der Waals surface area contributed by atoms with Crippen molar-refractivity contribution in [3.63, 3.8) is 0 Å². The Morgan fingerprint density at radius 2 is 1.64 bits per heavy atom. The lowest BCUT2D eigenvalue weighted by atomic mass is 10.1. The molecule has 0 saturated carbocycles. The molecule has 246 valence electrons. The van der Waals surface area contributed by atoms with Gasteiger partial charge < -0.3 is 34.3 Å². The minimum absolute atomic E-state index is 0.0713. The highest BCUT2D eigenvalue weighted by Crippen LogP contribution is 2.25. The van der Waals surface area contributed by atoms with Crippen LogP contribution in [-0.2, 0) is 25.4 Å². The number of hydrogen-bond acceptors (Lipinski definition) is 8. The molecule has 0 radical (unpaired) electrons. The lowest BCUT2D eigenvalue weighted by molar-refractivity contribution is -0.863. The Balaban J connectivity index is 1.42. The van der Waals surface area contributed by atoms with Gasteiger partial charge in [0.15, 0.2) is 6.10 Å². The second kappa shape index (κ2) is 15.0. The maximum atomic E-state index is 13.1. The van der Waals surface area contributed by atoms with Gasteiger partial charge in [-0.25, -0.2) is 18.9 Å². The highest BCUT2D eigenvalue weighted by Gasteiger charge is 2.41. The molecule has 2 aliphatic rings. The van der Waals surface area contributed by atoms with E-state index in [1.807, 2.05) is 20.8 Å². The van der Waals surface area contributed by atoms with Gasteiger partial charge in [-0.2, -0.15) is 4.79 Å². The maximum Gasteiger partial charge on any atom is 0.516 e. The lowest BCUT2D eigenvalue weighted by Crippen LogP contribution is -2.57. The highest BCUT2D eigenvalue weighted by atomic mass is 16.6. The number of likely N-dealkylation sites (tertiary alicyclic amines) is 1. The molecular weight excluding hydrogens is 570 g/mol. The summed E-state index contributed by atoms with van der Waals surface area (Å²) in [6.45, 7) is 14.2. The first-order valence-electron chi connectivity index (χ1n) is 15.5. The number of benzene rings is 1. The van der Waals surface area contributed by atoms with Gasteiger partial charge in [-0.15, -0.1) is 0 Å². The van der Waals surface area contributed by atoms with E-state index in [4.69, 9.17) is 18.9 Å². The second-order valence-electron chi connectivity index (χ2n) is 13.7. The van der Waals surface area contributed by atoms with Crippen LogP contribution in [0.5, 0.6) is 5.75 Å². The molecule has 1 aromatic rings. The van der Waals surface area contributed by atoms with Crippen LogP contribution in [0.3, 0.4) is 0 Å². The fourth-order valence-corrected chi connectivity index (χ4v) is 5.33. The first kappa shape index (κ1) is 34.9. The molecule has 3 amide bonds. The van der Waals surface area contributed by atoms with E-state index in [1.54, 1.807) is 49.9 Å². The van der Waals surface area contributed by atoms with E-state index in [0.717, 1.165) is 45.2 Å². The van der Waals surface area contributed by atoms with Crippen LogP contribution in [0.25, 0.3) is 0 Å². The number of nitrogens with one attached hydrogen (secondary N) is 1. The Hall–Kier alpha value is -3.54. The second-order valence-corrected chi connectivity index (χ2v) is 13.7. The van der Waals surface area contributed by atoms with Crippen LogP contribution >= 0.6 is 0 Å². The molecule has 2 fully saturated rings. The van der Waals surface area contributed by atoms with Gasteiger partial charge >= 0.3 is 24.2 Å². The third-order valence-corrected chi connectivity index (χ3v) is 7.46. The summed E-state index contributed by atoms with van der Waals surface area (Å²) in [4.78, 5) is 50.9. The maximum absolute atomic E-state index is 13.1. The highest BCUT2D eigenvalue weighted by molar-refractivity contribution is 5.80. The Labute approximate surface area is 260 Å². The van der Waals surface area contributed by atoms with Crippen LogP contribution in [0, 0.1) is 0 Å². The number of ether oxygens (including phenoxy) is 4. The van der Waals surface area contributed by atoms with Crippen molar-refractivity contribution in [3.05, 3.63) is 29.8 Å². The summed E-state index contributed by atoms with van der Waals surface area (Å²) in [7, 11) is 0. The number of carboxylic acids is 1. The van der Waals surface area contributed by atoms with E-state index in [9.17, 15) is 24.3 Å². The molecule has 12 nitrogen and oxygen atoms in total. The molecule has 1 aromatic carbocycles. The molecule has 2 atom stereocenters. The van der Waals surface area contributed by atoms with Crippen LogP contribution in [0.15, 0.2) is 24.3 Å². The normalized spacial score (nSPS) is 19.1. The van der Waals surface area contributed by atoms with Crippen molar-refractivity contribution < 1.29 is 47.7 Å². The number of rotatable bonds is 12. The molecule has 2 unspecified atom stereocenters. The number of carbonyl (C=O) groups excluding carboxylic acids is 3. The van der Waals surface area contributed by atoms with Crippen LogP contribution in [0.4, 0.5) is 14.4 Å². The number of alkyl carbamates (subject to hydrolysis) is 1. The molecule has 12 heteroatoms. The fourth-order valence-electron chi connectivity index (χ4n) is 5.33. The summed E-state index contributed by atoms with van der Waals surface area (Å²) in [6.07, 6.45) is 3.04. The van der Waals surface area contributed by atoms with Gasteiger partial charge in [0.05, 0.1) is 26.2 Å². The number of carboxylic acid groups (broad SMARTS) is 1. The predicted octanol–water partition coefficient (Wildman–Crippen LogP) is 5.12. The van der Waals surface area contributed by atoms with E-state index in [2.05, 4.69) is 5.32 Å². The van der Waals surface area contributed by atoms with Gasteiger partial charge in [-0.1, -0.05) is 12.1 Å². The van der Waals surface area contributed by atoms with Crippen molar-refractivity contribution in [2.24, 2.45) is 0 Å². The summed E-state index contributed by atoms with van der Waals surface area (Å²) >= 11 is 0. The molecule has 2 saturated heterocycles. The monoisotopic (exact) mass is 620 g/mol. The summed E-state index contributed by atoms with van der Waals surface area (Å²) < 4.78 is 22.6. The van der Waals surface area contributed by atoms with Crippen molar-refractivity contribution in [2.45, 2.75) is 103 Å². The molecule has 0 aromatic heterocycles. The zero-order valence-corrected chi connectivity index (χ0v) is 27.1. The quantitative estimate of drug-likeness (QED) is 0.185. The minimum Gasteiger partial charge on any atom is -0.490 e. The Morgan fingerprint density at radius 3 is 2.23 bits per heavy atom. The molecule has 2 N–H and O–H groups in total. The Kier molecular flexibility index (Phi) is 11.9. The fraction of sp³-hybridized carbons (Fsp3) is 0.688. The average molecular weight is 621 g/mol. The standard InChI is InChI=1S/C32H49N3O9/c1-31(2,3)43-28(38)33-26(27(36)37)20-23-12-14-24(15-13-23)41-22-25-21-34(29(39)42-25)16-8-11-19-35(17-9-7-10-18-35)30(40)44-32(4,5)6/h12-15,25-26H,7-11,16-22H2,1-6H3,(H-,33,36,37,38)/p+1. The number of cyclic esters (lactones) is 1. The number of carbonyl (C=O) groups is 4. The number of hydrogen-bond donors (Lipinski definition) is 2. The van der Waals surface area contributed by atoms with Crippen molar-refractivity contribution >= 4 is 24.2 Å². The van der Waals surface area contributed by atoms with Gasteiger partial charge in [0.25, 0.3) is 0 Å². The van der Waals surface area contributed by atoms with E-state index in [1.165, 1.54) is 0 Å². The van der Waals surface area contributed by atoms with Crippen molar-refractivity contribution in [1.82, 2.24) is 10.2 Å². The topological polar surface area (TPSA) is 141 Å². The summed E-state index contributed by atoms with van der Waals surface area (Å²) in [5.74, 6) is -0.618. The van der Waals surface area contributed by atoms with Crippen molar-refractivity contribution in [3.8, 4) is 5.75 Å². The van der Waals surface area contributed by atoms with E-state index in [-0.39, 0.29) is 25.2 Å². The van der Waals surface area contributed by atoms with Crippen LogP contribution in [0.1, 0.15) is 79.2 Å². The Morgan fingerprint density at radius 1 is 1.00 bits per heavy atom. The molecular formula is C32H50N3O9+. The molecule has 0 spiro atoms. The van der Waals surface area contributed by atoms with Gasteiger partial charge in [0, 0.05) is 13.0 Å². The number of amides is 3. The van der Waals surface area contributed by atoms with Crippen LogP contribution in [0.2, 0.25) is 0 Å². The largest absolute Gasteiger partial charge is 0.516 e. The van der Waals surface area contributed by atoms with Crippen LogP contribution < -0.4 is 10.1 Å². The van der Waals surface area contributed by atoms with E-state index < -0.39 is 35.4 Å². The zero-order valence-electron chi connectivity index (χ0n) is 27.1. The molecule has 44 heavy (non-hydrogen) atoms. The lowest BCUT2D eigenvalue weighted by Gasteiger charge is -2.39. The third kappa shape index (κ3) is 11.2. The molecule has 2 aliphatic heterocycles. The average Bonchev–Trinajstić information content (AvgIpc) is 3.27. The zero-order chi connectivity index (χ0) is 32.5. The van der Waals surface area contributed by atoms with E-state index >= 15 is 0 Å². The minimum atomic E-state index is -1.17. The Bertz CT molecular complexity index is 1140. The number of aliphatic carboxylic acids is 1. The third-order valence-electron chi connectivity index (χ3n) is 7.46. The smallest absolute Gasteiger partial charge is 0.490 e. The SMILES string of the molecule is CC(C)(C)OC(=O)NC(Cc1ccc(OCC2CN(CCCC[N+]3(C(=O)OC(C)(C)C)CCCCC3)C(=O)O2)cc1)C(=O)O. The first-order valence-corrected chi connectivity index (χ1v) is 15.5. The molecule has 2 heterocycles. The van der Waals surface area contributed by atoms with Crippen LogP contribution in [-0.4, -0.2) is 101 Å². The van der Waals surface area contributed by atoms with Gasteiger partial charge in [0.1, 0.15) is 29.6 Å². The molecule has 3 rings (SSSR count). The number of unbranched alkanes of at least 4 members (excludes halogenated alkanes) is 1. The molecule has 0 bridgehead atoms. The summed E-state index contributed by atoms with van der Waals surface area (Å²) in [5, 5.41) is 11.9. The summed E-state index contributed by atoms with van der Waals surface area (Å²) in [6, 6.07) is 5.72. The van der Waals surface area contributed by atoms with Crippen molar-refractivity contribution in [1.29, 1.82) is 0 Å². The van der Waals surface area contributed by atoms with Crippen molar-refractivity contribution in [2.75, 3.05) is 39.3 Å². The van der Waals surface area contributed by atoms with Gasteiger partial charge in [-0.3, -0.25) is 0 Å². The molecule has 0 aliphatic carbocycles. The van der Waals surface area contributed by atoms with E-state index in [0.29, 0.717) is 35.4 Å². The summed E-state index contributed by atoms with van der Waals surface area (Å²) in [5.41, 5.74) is -0.570. The predicted molar refractivity (Wildman–Crippen MR) is 162 cm³/mol. The van der Waals surface area contributed by atoms with Gasteiger partial charge in [0.2, 0.25) is 0 Å². The number of piperidine rings is 1. The number of nitrogens with zero attached hydrogens (tertiary/aromatic N) is 2. The van der Waals surface area contributed by atoms with Gasteiger partial charge in [-0.05, 0) is 91.3 Å². The number of quaternary nitrogens is 1.